The third-order valence-electron chi connectivity index (χ3n) is 6.00. The smallest absolute Gasteiger partial charge is 0.269 e. The van der Waals surface area contributed by atoms with Gasteiger partial charge in [0, 0.05) is 31.2 Å². The Balaban J connectivity index is 1.66. The Kier molecular flexibility index (Phi) is 7.99. The van der Waals surface area contributed by atoms with Gasteiger partial charge in [-0.05, 0) is 50.3 Å². The molecule has 3 rings (SSSR count). The average Bonchev–Trinajstić information content (AvgIpc) is 3.27. The first kappa shape index (κ1) is 22.9. The molecule has 1 aromatic carbocycles. The van der Waals surface area contributed by atoms with Gasteiger partial charge in [-0.3, -0.25) is 20.1 Å². The van der Waals surface area contributed by atoms with E-state index in [0.29, 0.717) is 16.4 Å². The quantitative estimate of drug-likeness (QED) is 0.489. The fourth-order valence-corrected chi connectivity index (χ4v) is 4.22. The van der Waals surface area contributed by atoms with Crippen LogP contribution in [0, 0.1) is 0 Å². The number of benzene rings is 1. The topological polar surface area (TPSA) is 108 Å². The van der Waals surface area contributed by atoms with Gasteiger partial charge < -0.3 is 16.6 Å². The minimum Gasteiger partial charge on any atom is -0.393 e. The van der Waals surface area contributed by atoms with E-state index in [2.05, 4.69) is 10.3 Å². The summed E-state index contributed by atoms with van der Waals surface area (Å²) in [5, 5.41) is 11.7. The van der Waals surface area contributed by atoms with E-state index in [1.54, 1.807) is 11.9 Å². The fraction of sp³-hybridized carbons (Fsp3) is 0.591. The highest BCUT2D eigenvalue weighted by Gasteiger charge is 2.27. The van der Waals surface area contributed by atoms with E-state index in [9.17, 15) is 9.90 Å². The van der Waals surface area contributed by atoms with Crippen molar-refractivity contribution in [2.45, 2.75) is 70.2 Å². The summed E-state index contributed by atoms with van der Waals surface area (Å²) < 4.78 is 0. The maximum absolute atomic E-state index is 12.9. The molecule has 2 fully saturated rings. The Morgan fingerprint density at radius 2 is 1.83 bits per heavy atom. The molecule has 1 amide bonds. The number of piperidine rings is 1. The standard InChI is InChI=1S/C22H34ClN5O2/c1-15(24)20(23)21(25)28(18-4-2-3-5-18)26-22(30)17-8-6-16(7-9-17)14-27-12-10-19(29)11-13-27/h6-9,15,18-19,29H,2-5,10-14,24-25H2,1H3,(H,26,30)/b21-20-/t15-/m0/s1. The van der Waals surface area contributed by atoms with E-state index >= 15 is 0 Å². The summed E-state index contributed by atoms with van der Waals surface area (Å²) in [4.78, 5) is 15.2. The van der Waals surface area contributed by atoms with Crippen LogP contribution in [0.15, 0.2) is 35.1 Å². The molecular formula is C22H34ClN5O2. The SMILES string of the molecule is C[C@H](N)/C(Cl)=C(\N)N(NC(=O)c1ccc(CN2CCC(O)CC2)cc1)C1CCCC1. The van der Waals surface area contributed by atoms with Gasteiger partial charge in [-0.15, -0.1) is 0 Å². The molecule has 1 aliphatic carbocycles. The number of hydrogen-bond donors (Lipinski definition) is 4. The van der Waals surface area contributed by atoms with Crippen molar-refractivity contribution in [2.24, 2.45) is 11.5 Å². The third kappa shape index (κ3) is 5.88. The second-order valence-electron chi connectivity index (χ2n) is 8.48. The van der Waals surface area contributed by atoms with Crippen molar-refractivity contribution in [2.75, 3.05) is 13.1 Å². The van der Waals surface area contributed by atoms with E-state index in [1.807, 2.05) is 24.3 Å². The third-order valence-corrected chi connectivity index (χ3v) is 6.53. The minimum atomic E-state index is -0.400. The van der Waals surface area contributed by atoms with Crippen molar-refractivity contribution in [3.8, 4) is 0 Å². The number of hydrazine groups is 1. The number of likely N-dealkylation sites (tertiary alicyclic amines) is 1. The van der Waals surface area contributed by atoms with Crippen LogP contribution in [-0.2, 0) is 6.54 Å². The predicted molar refractivity (Wildman–Crippen MR) is 119 cm³/mol. The van der Waals surface area contributed by atoms with E-state index in [-0.39, 0.29) is 18.1 Å². The number of amides is 1. The molecule has 166 valence electrons. The van der Waals surface area contributed by atoms with Crippen LogP contribution in [0.25, 0.3) is 0 Å². The van der Waals surface area contributed by atoms with Crippen LogP contribution in [0.5, 0.6) is 0 Å². The molecule has 8 heteroatoms. The molecule has 0 aromatic heterocycles. The Hall–Kier alpha value is -1.80. The van der Waals surface area contributed by atoms with Gasteiger partial charge >= 0.3 is 0 Å². The van der Waals surface area contributed by atoms with Gasteiger partial charge in [0.25, 0.3) is 5.91 Å². The van der Waals surface area contributed by atoms with Gasteiger partial charge in [-0.25, -0.2) is 0 Å². The van der Waals surface area contributed by atoms with Gasteiger partial charge in [0.15, 0.2) is 0 Å². The zero-order valence-electron chi connectivity index (χ0n) is 17.7. The first-order valence-electron chi connectivity index (χ1n) is 10.9. The van der Waals surface area contributed by atoms with E-state index < -0.39 is 6.04 Å². The van der Waals surface area contributed by atoms with Crippen molar-refractivity contribution in [1.29, 1.82) is 0 Å². The van der Waals surface area contributed by atoms with Crippen molar-refractivity contribution in [3.63, 3.8) is 0 Å². The lowest BCUT2D eigenvalue weighted by Crippen LogP contribution is -2.50. The lowest BCUT2D eigenvalue weighted by Gasteiger charge is -2.32. The zero-order valence-corrected chi connectivity index (χ0v) is 18.4. The molecule has 1 saturated carbocycles. The summed E-state index contributed by atoms with van der Waals surface area (Å²) in [7, 11) is 0. The van der Waals surface area contributed by atoms with Gasteiger partial charge in [0.05, 0.1) is 17.2 Å². The summed E-state index contributed by atoms with van der Waals surface area (Å²) in [6.07, 6.45) is 5.56. The van der Waals surface area contributed by atoms with Gasteiger partial charge in [0.2, 0.25) is 0 Å². The maximum Gasteiger partial charge on any atom is 0.269 e. The number of hydrogen-bond acceptors (Lipinski definition) is 6. The van der Waals surface area contributed by atoms with Gasteiger partial charge in [-0.2, -0.15) is 0 Å². The van der Waals surface area contributed by atoms with Crippen LogP contribution in [-0.4, -0.2) is 52.2 Å². The van der Waals surface area contributed by atoms with Crippen LogP contribution >= 0.6 is 11.6 Å². The molecule has 0 spiro atoms. The zero-order chi connectivity index (χ0) is 21.7. The normalized spacial score (nSPS) is 20.7. The number of rotatable bonds is 7. The Bertz CT molecular complexity index is 738. The number of halogens is 1. The fourth-order valence-electron chi connectivity index (χ4n) is 4.13. The molecule has 30 heavy (non-hydrogen) atoms. The molecule has 2 aliphatic rings. The molecule has 0 bridgehead atoms. The molecule has 1 atom stereocenters. The molecule has 7 nitrogen and oxygen atoms in total. The minimum absolute atomic E-state index is 0.121. The number of carbonyl (C=O) groups is 1. The molecule has 1 saturated heterocycles. The summed E-state index contributed by atoms with van der Waals surface area (Å²) in [6, 6.07) is 7.35. The second-order valence-corrected chi connectivity index (χ2v) is 8.88. The molecular weight excluding hydrogens is 402 g/mol. The van der Waals surface area contributed by atoms with Crippen LogP contribution < -0.4 is 16.9 Å². The van der Waals surface area contributed by atoms with Gasteiger partial charge in [-0.1, -0.05) is 36.6 Å². The summed E-state index contributed by atoms with van der Waals surface area (Å²) in [5.41, 5.74) is 16.8. The summed E-state index contributed by atoms with van der Waals surface area (Å²) in [5.74, 6) is 0.0995. The lowest BCUT2D eigenvalue weighted by molar-refractivity contribution is 0.0770. The second kappa shape index (κ2) is 10.5. The summed E-state index contributed by atoms with van der Waals surface area (Å²) >= 11 is 6.31. The largest absolute Gasteiger partial charge is 0.393 e. The number of aliphatic hydroxyl groups is 1. The van der Waals surface area contributed by atoms with Gasteiger partial charge in [0.1, 0.15) is 5.82 Å². The van der Waals surface area contributed by atoms with E-state index in [1.165, 1.54) is 0 Å². The average molecular weight is 436 g/mol. The highest BCUT2D eigenvalue weighted by atomic mass is 35.5. The maximum atomic E-state index is 12.9. The van der Waals surface area contributed by atoms with Crippen LogP contribution in [0.4, 0.5) is 0 Å². The van der Waals surface area contributed by atoms with Crippen LogP contribution in [0.1, 0.15) is 61.4 Å². The Labute approximate surface area is 184 Å². The van der Waals surface area contributed by atoms with Crippen molar-refractivity contribution >= 4 is 17.5 Å². The number of aliphatic hydroxyl groups excluding tert-OH is 1. The molecule has 0 radical (unpaired) electrons. The number of nitrogens with one attached hydrogen (secondary N) is 1. The van der Waals surface area contributed by atoms with Crippen LogP contribution in [0.2, 0.25) is 0 Å². The first-order chi connectivity index (χ1) is 14.3. The molecule has 1 aliphatic heterocycles. The van der Waals surface area contributed by atoms with Crippen molar-refractivity contribution in [3.05, 3.63) is 46.2 Å². The first-order valence-corrected chi connectivity index (χ1v) is 11.2. The molecule has 1 heterocycles. The monoisotopic (exact) mass is 435 g/mol. The van der Waals surface area contributed by atoms with Crippen LogP contribution in [0.3, 0.4) is 0 Å². The summed E-state index contributed by atoms with van der Waals surface area (Å²) in [6.45, 7) is 4.38. The molecule has 0 unspecified atom stereocenters. The number of carbonyl (C=O) groups excluding carboxylic acids is 1. The van der Waals surface area contributed by atoms with E-state index in [0.717, 1.165) is 63.7 Å². The Morgan fingerprint density at radius 3 is 2.40 bits per heavy atom. The van der Waals surface area contributed by atoms with Crippen molar-refractivity contribution in [1.82, 2.24) is 15.3 Å². The number of nitrogens with zero attached hydrogens (tertiary/aromatic N) is 2. The number of nitrogens with two attached hydrogens (primary N) is 2. The molecule has 6 N–H and O–H groups in total. The highest BCUT2D eigenvalue weighted by molar-refractivity contribution is 6.30. The lowest BCUT2D eigenvalue weighted by atomic mass is 10.1. The predicted octanol–water partition coefficient (Wildman–Crippen LogP) is 2.25. The molecule has 1 aromatic rings. The van der Waals surface area contributed by atoms with Crippen molar-refractivity contribution < 1.29 is 9.90 Å². The van der Waals surface area contributed by atoms with E-state index in [4.69, 9.17) is 23.1 Å². The highest BCUT2D eigenvalue weighted by Crippen LogP contribution is 2.26. The Morgan fingerprint density at radius 1 is 1.23 bits per heavy atom.